The molecule has 0 bridgehead atoms. The number of nitrogens with one attached hydrogen (secondary N) is 1. The molecule has 0 radical (unpaired) electrons. The third-order valence-electron chi connectivity index (χ3n) is 3.51. The Morgan fingerprint density at radius 3 is 2.65 bits per heavy atom. The smallest absolute Gasteiger partial charge is 0.361 e. The molecular formula is C18H15Br2N3O3. The molecule has 6 nitrogen and oxygen atoms in total. The molecule has 0 spiro atoms. The highest BCUT2D eigenvalue weighted by Gasteiger charge is 2.23. The summed E-state index contributed by atoms with van der Waals surface area (Å²) < 4.78 is 12.6. The molecule has 0 amide bonds. The van der Waals surface area contributed by atoms with Crippen molar-refractivity contribution in [2.45, 2.75) is 13.5 Å². The lowest BCUT2D eigenvalue weighted by Gasteiger charge is -2.13. The molecule has 3 aromatic rings. The van der Waals surface area contributed by atoms with Gasteiger partial charge in [-0.3, -0.25) is 0 Å². The Kier molecular flexibility index (Phi) is 6.05. The topological polar surface area (TPSA) is 77.1 Å². The van der Waals surface area contributed by atoms with Crippen LogP contribution in [0.15, 0.2) is 51.4 Å². The predicted octanol–water partition coefficient (Wildman–Crippen LogP) is 4.75. The second-order valence-electron chi connectivity index (χ2n) is 5.28. The van der Waals surface area contributed by atoms with Crippen LogP contribution in [-0.2, 0) is 11.3 Å². The number of halogens is 2. The molecule has 0 saturated carbocycles. The summed E-state index contributed by atoms with van der Waals surface area (Å²) in [5, 5.41) is 10.6. The Morgan fingerprint density at radius 2 is 1.92 bits per heavy atom. The summed E-state index contributed by atoms with van der Waals surface area (Å²) in [5.41, 5.74) is 2.13. The lowest BCUT2D eigenvalue weighted by molar-refractivity contribution is 0.0520. The van der Waals surface area contributed by atoms with Crippen molar-refractivity contribution >= 4 is 37.8 Å². The van der Waals surface area contributed by atoms with Crippen LogP contribution in [0, 0.1) is 0 Å². The Bertz CT molecular complexity index is 913. The summed E-state index contributed by atoms with van der Waals surface area (Å²) in [7, 11) is 0. The fourth-order valence-electron chi connectivity index (χ4n) is 2.37. The molecular weight excluding hydrogens is 466 g/mol. The standard InChI is InChI=1S/C18H15Br2N3O3/c1-2-25-18(24)16-15(21-23-22-16)13-8-12(19)9-14(20)17(13)26-10-11-6-4-3-5-7-11/h3-9H,2,10H2,1H3,(H,21,22,23). The largest absolute Gasteiger partial charge is 0.487 e. The predicted molar refractivity (Wildman–Crippen MR) is 104 cm³/mol. The molecule has 0 aliphatic carbocycles. The molecule has 0 aliphatic heterocycles. The van der Waals surface area contributed by atoms with E-state index < -0.39 is 5.97 Å². The Morgan fingerprint density at radius 1 is 1.15 bits per heavy atom. The summed E-state index contributed by atoms with van der Waals surface area (Å²) in [4.78, 5) is 12.2. The number of carbonyl (C=O) groups is 1. The van der Waals surface area contributed by atoms with Crippen LogP contribution in [0.25, 0.3) is 11.3 Å². The quantitative estimate of drug-likeness (QED) is 0.515. The summed E-state index contributed by atoms with van der Waals surface area (Å²) in [5.74, 6) is 0.0258. The molecule has 3 rings (SSSR count). The second kappa shape index (κ2) is 8.46. The Labute approximate surface area is 167 Å². The van der Waals surface area contributed by atoms with Gasteiger partial charge in [0, 0.05) is 10.0 Å². The van der Waals surface area contributed by atoms with E-state index in [4.69, 9.17) is 9.47 Å². The molecule has 1 N–H and O–H groups in total. The van der Waals surface area contributed by atoms with E-state index >= 15 is 0 Å². The van der Waals surface area contributed by atoms with Gasteiger partial charge in [-0.2, -0.15) is 10.3 Å². The number of rotatable bonds is 6. The maximum Gasteiger partial charge on any atom is 0.361 e. The van der Waals surface area contributed by atoms with Crippen LogP contribution in [0.4, 0.5) is 0 Å². The number of nitrogens with zero attached hydrogens (tertiary/aromatic N) is 2. The van der Waals surface area contributed by atoms with Gasteiger partial charge in [0.2, 0.25) is 0 Å². The van der Waals surface area contributed by atoms with E-state index in [1.807, 2.05) is 42.5 Å². The van der Waals surface area contributed by atoms with Gasteiger partial charge >= 0.3 is 5.97 Å². The van der Waals surface area contributed by atoms with Gasteiger partial charge in [-0.15, -0.1) is 5.10 Å². The summed E-state index contributed by atoms with van der Waals surface area (Å²) in [6, 6.07) is 13.5. The van der Waals surface area contributed by atoms with E-state index in [0.29, 0.717) is 23.6 Å². The number of aromatic nitrogens is 3. The van der Waals surface area contributed by atoms with Crippen molar-refractivity contribution in [2.24, 2.45) is 0 Å². The highest BCUT2D eigenvalue weighted by atomic mass is 79.9. The lowest BCUT2D eigenvalue weighted by atomic mass is 10.1. The number of aromatic amines is 1. The Hall–Kier alpha value is -2.19. The SMILES string of the molecule is CCOC(=O)c1n[nH]nc1-c1cc(Br)cc(Br)c1OCc1ccccc1. The number of carbonyl (C=O) groups excluding carboxylic acids is 1. The number of H-pyrrole nitrogens is 1. The average Bonchev–Trinajstić information content (AvgIpc) is 3.11. The molecule has 0 saturated heterocycles. The van der Waals surface area contributed by atoms with E-state index in [1.54, 1.807) is 6.92 Å². The van der Waals surface area contributed by atoms with Crippen molar-refractivity contribution in [1.82, 2.24) is 15.4 Å². The van der Waals surface area contributed by atoms with E-state index in [1.165, 1.54) is 0 Å². The number of ether oxygens (including phenoxy) is 2. The maximum absolute atomic E-state index is 12.2. The van der Waals surface area contributed by atoms with Crippen LogP contribution in [0.2, 0.25) is 0 Å². The number of benzene rings is 2. The fraction of sp³-hybridized carbons (Fsp3) is 0.167. The summed E-state index contributed by atoms with van der Waals surface area (Å²) >= 11 is 6.98. The lowest BCUT2D eigenvalue weighted by Crippen LogP contribution is -2.07. The number of hydrogen-bond donors (Lipinski definition) is 1. The normalized spacial score (nSPS) is 10.6. The minimum absolute atomic E-state index is 0.112. The molecule has 2 aromatic carbocycles. The van der Waals surface area contributed by atoms with Gasteiger partial charge in [0.15, 0.2) is 5.69 Å². The fourth-order valence-corrected chi connectivity index (χ4v) is 3.71. The number of esters is 1. The minimum atomic E-state index is -0.540. The van der Waals surface area contributed by atoms with E-state index in [0.717, 1.165) is 14.5 Å². The molecule has 8 heteroatoms. The third kappa shape index (κ3) is 4.13. The van der Waals surface area contributed by atoms with Crippen molar-refractivity contribution in [2.75, 3.05) is 6.61 Å². The van der Waals surface area contributed by atoms with Crippen molar-refractivity contribution in [3.63, 3.8) is 0 Å². The van der Waals surface area contributed by atoms with Crippen molar-refractivity contribution in [3.05, 3.63) is 62.7 Å². The third-order valence-corrected chi connectivity index (χ3v) is 4.55. The van der Waals surface area contributed by atoms with Gasteiger partial charge in [0.05, 0.1) is 11.1 Å². The van der Waals surface area contributed by atoms with Crippen LogP contribution in [0.1, 0.15) is 23.0 Å². The summed E-state index contributed by atoms with van der Waals surface area (Å²) in [6.45, 7) is 2.37. The molecule has 0 atom stereocenters. The van der Waals surface area contributed by atoms with E-state index in [-0.39, 0.29) is 12.3 Å². The van der Waals surface area contributed by atoms with Gasteiger partial charge in [0.25, 0.3) is 0 Å². The van der Waals surface area contributed by atoms with Crippen molar-refractivity contribution < 1.29 is 14.3 Å². The van der Waals surface area contributed by atoms with Crippen LogP contribution in [0.5, 0.6) is 5.75 Å². The monoisotopic (exact) mass is 479 g/mol. The highest BCUT2D eigenvalue weighted by Crippen LogP contribution is 2.40. The van der Waals surface area contributed by atoms with Gasteiger partial charge in [-0.25, -0.2) is 4.79 Å². The molecule has 0 fully saturated rings. The molecule has 0 unspecified atom stereocenters. The zero-order valence-corrected chi connectivity index (χ0v) is 17.0. The Balaban J connectivity index is 1.99. The first-order valence-corrected chi connectivity index (χ1v) is 9.42. The van der Waals surface area contributed by atoms with Gasteiger partial charge in [0.1, 0.15) is 18.1 Å². The average molecular weight is 481 g/mol. The van der Waals surface area contributed by atoms with Crippen LogP contribution in [-0.4, -0.2) is 28.0 Å². The van der Waals surface area contributed by atoms with Gasteiger partial charge in [-0.1, -0.05) is 46.3 Å². The van der Waals surface area contributed by atoms with Crippen LogP contribution >= 0.6 is 31.9 Å². The highest BCUT2D eigenvalue weighted by molar-refractivity contribution is 9.11. The first kappa shape index (κ1) is 18.6. The van der Waals surface area contributed by atoms with Gasteiger partial charge in [-0.05, 0) is 40.5 Å². The molecule has 26 heavy (non-hydrogen) atoms. The van der Waals surface area contributed by atoms with E-state index in [2.05, 4.69) is 47.3 Å². The zero-order chi connectivity index (χ0) is 18.5. The second-order valence-corrected chi connectivity index (χ2v) is 7.05. The van der Waals surface area contributed by atoms with Crippen molar-refractivity contribution in [3.8, 4) is 17.0 Å². The summed E-state index contributed by atoms with van der Waals surface area (Å²) in [6.07, 6.45) is 0. The van der Waals surface area contributed by atoms with E-state index in [9.17, 15) is 4.79 Å². The minimum Gasteiger partial charge on any atom is -0.487 e. The first-order valence-electron chi connectivity index (χ1n) is 7.84. The van der Waals surface area contributed by atoms with Crippen LogP contribution < -0.4 is 4.74 Å². The van der Waals surface area contributed by atoms with Crippen LogP contribution in [0.3, 0.4) is 0 Å². The zero-order valence-electron chi connectivity index (χ0n) is 13.8. The molecule has 1 aromatic heterocycles. The molecule has 134 valence electrons. The maximum atomic E-state index is 12.2. The first-order chi connectivity index (χ1) is 12.6. The van der Waals surface area contributed by atoms with Gasteiger partial charge < -0.3 is 9.47 Å². The molecule has 1 heterocycles. The number of hydrogen-bond acceptors (Lipinski definition) is 5. The van der Waals surface area contributed by atoms with Crippen molar-refractivity contribution in [1.29, 1.82) is 0 Å². The molecule has 0 aliphatic rings.